The molecule has 0 aliphatic carbocycles. The number of nitrogens with zero attached hydrogens (tertiary/aromatic N) is 2. The quantitative estimate of drug-likeness (QED) is 0.527. The van der Waals surface area contributed by atoms with Gasteiger partial charge in [-0.2, -0.15) is 18.3 Å². The highest BCUT2D eigenvalue weighted by atomic mass is 32.1. The second-order valence-corrected chi connectivity index (χ2v) is 4.76. The fourth-order valence-corrected chi connectivity index (χ4v) is 2.02. The molecule has 0 aliphatic heterocycles. The van der Waals surface area contributed by atoms with Crippen LogP contribution in [0.25, 0.3) is 0 Å². The standard InChI is InChI=1S/C12H9F4N3S/c1-7-6-20-11(18-7)19-17-5-8-4-9(12(14,15)16)2-3-10(8)13/h2-6H,1H3,(H,18,19). The number of hydrogen-bond donors (Lipinski definition) is 1. The molecule has 2 aromatic rings. The summed E-state index contributed by atoms with van der Waals surface area (Å²) in [6.45, 7) is 1.79. The maximum absolute atomic E-state index is 13.4. The van der Waals surface area contributed by atoms with E-state index in [9.17, 15) is 17.6 Å². The Morgan fingerprint density at radius 1 is 1.35 bits per heavy atom. The molecular formula is C12H9F4N3S. The van der Waals surface area contributed by atoms with Crippen molar-refractivity contribution in [2.45, 2.75) is 13.1 Å². The molecular weight excluding hydrogens is 294 g/mol. The highest BCUT2D eigenvalue weighted by molar-refractivity contribution is 7.13. The number of thiazole rings is 1. The third kappa shape index (κ3) is 3.53. The molecule has 0 amide bonds. The van der Waals surface area contributed by atoms with Crippen molar-refractivity contribution in [2.24, 2.45) is 5.10 Å². The average molecular weight is 303 g/mol. The number of nitrogens with one attached hydrogen (secondary N) is 1. The molecule has 1 aromatic carbocycles. The molecule has 1 aromatic heterocycles. The van der Waals surface area contributed by atoms with E-state index >= 15 is 0 Å². The van der Waals surface area contributed by atoms with Gasteiger partial charge in [0.25, 0.3) is 0 Å². The maximum Gasteiger partial charge on any atom is 0.416 e. The number of hydrogen-bond acceptors (Lipinski definition) is 4. The maximum atomic E-state index is 13.4. The van der Waals surface area contributed by atoms with Crippen LogP contribution in [-0.2, 0) is 6.18 Å². The van der Waals surface area contributed by atoms with Crippen molar-refractivity contribution in [1.29, 1.82) is 0 Å². The zero-order chi connectivity index (χ0) is 14.8. The Labute approximate surface area is 116 Å². The summed E-state index contributed by atoms with van der Waals surface area (Å²) in [6, 6.07) is 2.15. The smallest absolute Gasteiger partial charge is 0.253 e. The van der Waals surface area contributed by atoms with E-state index in [0.29, 0.717) is 17.3 Å². The van der Waals surface area contributed by atoms with E-state index in [0.717, 1.165) is 18.0 Å². The van der Waals surface area contributed by atoms with Gasteiger partial charge in [0.2, 0.25) is 5.13 Å². The molecule has 106 valence electrons. The summed E-state index contributed by atoms with van der Waals surface area (Å²) >= 11 is 1.29. The lowest BCUT2D eigenvalue weighted by Crippen LogP contribution is -2.06. The number of rotatable bonds is 3. The molecule has 0 bridgehead atoms. The van der Waals surface area contributed by atoms with E-state index in [2.05, 4.69) is 15.5 Å². The summed E-state index contributed by atoms with van der Waals surface area (Å²) in [4.78, 5) is 4.04. The van der Waals surface area contributed by atoms with Crippen LogP contribution in [0.15, 0.2) is 28.7 Å². The van der Waals surface area contributed by atoms with Crippen molar-refractivity contribution >= 4 is 22.7 Å². The van der Waals surface area contributed by atoms with Gasteiger partial charge in [-0.15, -0.1) is 11.3 Å². The van der Waals surface area contributed by atoms with Gasteiger partial charge in [0, 0.05) is 10.9 Å². The fraction of sp³-hybridized carbons (Fsp3) is 0.167. The molecule has 2 rings (SSSR count). The van der Waals surface area contributed by atoms with Crippen LogP contribution in [0.3, 0.4) is 0 Å². The van der Waals surface area contributed by atoms with Crippen LogP contribution in [0.4, 0.5) is 22.7 Å². The highest BCUT2D eigenvalue weighted by Crippen LogP contribution is 2.30. The summed E-state index contributed by atoms with van der Waals surface area (Å²) in [5.74, 6) is -0.779. The third-order valence-corrected chi connectivity index (χ3v) is 3.17. The predicted molar refractivity (Wildman–Crippen MR) is 69.5 cm³/mol. The molecule has 1 N–H and O–H groups in total. The molecule has 0 spiro atoms. The summed E-state index contributed by atoms with van der Waals surface area (Å²) in [6.07, 6.45) is -3.53. The Morgan fingerprint density at radius 2 is 2.10 bits per heavy atom. The topological polar surface area (TPSA) is 37.3 Å². The van der Waals surface area contributed by atoms with E-state index < -0.39 is 17.6 Å². The van der Waals surface area contributed by atoms with Gasteiger partial charge in [-0.3, -0.25) is 5.43 Å². The van der Waals surface area contributed by atoms with Gasteiger partial charge < -0.3 is 0 Å². The summed E-state index contributed by atoms with van der Waals surface area (Å²) < 4.78 is 50.9. The fourth-order valence-electron chi connectivity index (χ4n) is 1.38. The Hall–Kier alpha value is -1.96. The van der Waals surface area contributed by atoms with Crippen LogP contribution in [0.1, 0.15) is 16.8 Å². The van der Waals surface area contributed by atoms with Gasteiger partial charge in [0.1, 0.15) is 5.82 Å². The Morgan fingerprint density at radius 3 is 2.70 bits per heavy atom. The van der Waals surface area contributed by atoms with Crippen LogP contribution in [0.2, 0.25) is 0 Å². The van der Waals surface area contributed by atoms with Gasteiger partial charge in [0.05, 0.1) is 17.5 Å². The van der Waals surface area contributed by atoms with Gasteiger partial charge >= 0.3 is 6.18 Å². The van der Waals surface area contributed by atoms with Crippen LogP contribution in [-0.4, -0.2) is 11.2 Å². The summed E-state index contributed by atoms with van der Waals surface area (Å²) in [7, 11) is 0. The largest absolute Gasteiger partial charge is 0.416 e. The molecule has 0 saturated carbocycles. The lowest BCUT2D eigenvalue weighted by molar-refractivity contribution is -0.137. The van der Waals surface area contributed by atoms with Crippen molar-refractivity contribution in [3.8, 4) is 0 Å². The van der Waals surface area contributed by atoms with Crippen LogP contribution >= 0.6 is 11.3 Å². The van der Waals surface area contributed by atoms with Crippen molar-refractivity contribution in [2.75, 3.05) is 5.43 Å². The number of anilines is 1. The Kier molecular flexibility index (Phi) is 4.03. The van der Waals surface area contributed by atoms with Crippen molar-refractivity contribution < 1.29 is 17.6 Å². The van der Waals surface area contributed by atoms with E-state index in [-0.39, 0.29) is 5.56 Å². The number of hydrazone groups is 1. The van der Waals surface area contributed by atoms with E-state index in [4.69, 9.17) is 0 Å². The predicted octanol–water partition coefficient (Wildman–Crippen LogP) is 4.06. The van der Waals surface area contributed by atoms with Crippen LogP contribution in [0.5, 0.6) is 0 Å². The van der Waals surface area contributed by atoms with Crippen molar-refractivity contribution in [3.05, 3.63) is 46.2 Å². The Balaban J connectivity index is 2.16. The molecule has 20 heavy (non-hydrogen) atoms. The van der Waals surface area contributed by atoms with E-state index in [1.54, 1.807) is 12.3 Å². The normalized spacial score (nSPS) is 12.1. The number of halogens is 4. The zero-order valence-corrected chi connectivity index (χ0v) is 11.0. The number of alkyl halides is 3. The van der Waals surface area contributed by atoms with Crippen LogP contribution < -0.4 is 5.43 Å². The number of aryl methyl sites for hydroxylation is 1. The first kappa shape index (κ1) is 14.4. The minimum atomic E-state index is -4.52. The van der Waals surface area contributed by atoms with Crippen molar-refractivity contribution in [1.82, 2.24) is 4.98 Å². The van der Waals surface area contributed by atoms with Gasteiger partial charge in [0.15, 0.2) is 0 Å². The first-order valence-electron chi connectivity index (χ1n) is 5.44. The summed E-state index contributed by atoms with van der Waals surface area (Å²) in [5.41, 5.74) is 2.14. The SMILES string of the molecule is Cc1csc(NN=Cc2cc(C(F)(F)F)ccc2F)n1. The number of aromatic nitrogens is 1. The molecule has 0 unspecified atom stereocenters. The lowest BCUT2D eigenvalue weighted by atomic mass is 10.1. The monoisotopic (exact) mass is 303 g/mol. The minimum absolute atomic E-state index is 0.249. The first-order valence-corrected chi connectivity index (χ1v) is 6.32. The molecule has 0 aliphatic rings. The Bertz CT molecular complexity index is 634. The first-order chi connectivity index (χ1) is 9.36. The van der Waals surface area contributed by atoms with Crippen molar-refractivity contribution in [3.63, 3.8) is 0 Å². The second-order valence-electron chi connectivity index (χ2n) is 3.90. The number of benzene rings is 1. The highest BCUT2D eigenvalue weighted by Gasteiger charge is 2.30. The van der Waals surface area contributed by atoms with E-state index in [1.807, 2.05) is 0 Å². The molecule has 0 radical (unpaired) electrons. The second kappa shape index (κ2) is 5.58. The van der Waals surface area contributed by atoms with Gasteiger partial charge in [-0.1, -0.05) is 0 Å². The third-order valence-electron chi connectivity index (χ3n) is 2.31. The molecule has 0 atom stereocenters. The zero-order valence-electron chi connectivity index (χ0n) is 10.2. The van der Waals surface area contributed by atoms with Crippen LogP contribution in [0, 0.1) is 12.7 Å². The van der Waals surface area contributed by atoms with Gasteiger partial charge in [-0.05, 0) is 25.1 Å². The average Bonchev–Trinajstić information content (AvgIpc) is 2.76. The lowest BCUT2D eigenvalue weighted by Gasteiger charge is -2.07. The molecule has 0 saturated heterocycles. The molecule has 0 fully saturated rings. The van der Waals surface area contributed by atoms with Gasteiger partial charge in [-0.25, -0.2) is 9.37 Å². The molecule has 1 heterocycles. The summed E-state index contributed by atoms with van der Waals surface area (Å²) in [5, 5.41) is 5.93. The van der Waals surface area contributed by atoms with E-state index in [1.165, 1.54) is 11.3 Å². The molecule has 8 heteroatoms. The minimum Gasteiger partial charge on any atom is -0.253 e. The molecule has 3 nitrogen and oxygen atoms in total.